The minimum absolute atomic E-state index is 0.0375. The molecule has 4 N–H and O–H groups in total. The zero-order chi connectivity index (χ0) is 18.0. The predicted octanol–water partition coefficient (Wildman–Crippen LogP) is 0.0505. The molecule has 0 aliphatic heterocycles. The Kier molecular flexibility index (Phi) is 8.69. The van der Waals surface area contributed by atoms with Gasteiger partial charge in [-0.1, -0.05) is 12.1 Å². The Labute approximate surface area is 143 Å². The maximum Gasteiger partial charge on any atom is 0.240 e. The highest BCUT2D eigenvalue weighted by atomic mass is 32.2. The number of rotatable bonds is 10. The second kappa shape index (κ2) is 10.2. The van der Waals surface area contributed by atoms with Gasteiger partial charge >= 0.3 is 0 Å². The minimum atomic E-state index is -3.56. The van der Waals surface area contributed by atoms with Crippen LogP contribution in [-0.2, 0) is 26.0 Å². The lowest BCUT2D eigenvalue weighted by molar-refractivity contribution is 0.179. The summed E-state index contributed by atoms with van der Waals surface area (Å²) in [5, 5.41) is 2.99. The predicted molar refractivity (Wildman–Crippen MR) is 93.3 cm³/mol. The van der Waals surface area contributed by atoms with Crippen LogP contribution in [0.15, 0.2) is 34.2 Å². The van der Waals surface area contributed by atoms with Gasteiger partial charge in [-0.15, -0.1) is 0 Å². The van der Waals surface area contributed by atoms with Crippen LogP contribution in [0.3, 0.4) is 0 Å². The van der Waals surface area contributed by atoms with E-state index in [0.717, 1.165) is 5.56 Å². The molecule has 0 aliphatic rings. The molecule has 0 aromatic heterocycles. The molecule has 136 valence electrons. The lowest BCUT2D eigenvalue weighted by Crippen LogP contribution is -2.40. The van der Waals surface area contributed by atoms with Gasteiger partial charge < -0.3 is 20.5 Å². The first-order valence-corrected chi connectivity index (χ1v) is 9.00. The molecule has 0 bridgehead atoms. The molecule has 1 unspecified atom stereocenters. The van der Waals surface area contributed by atoms with E-state index in [0.29, 0.717) is 13.2 Å². The molecule has 0 aliphatic carbocycles. The fourth-order valence-corrected chi connectivity index (χ4v) is 3.02. The molecule has 0 spiro atoms. The topological polar surface area (TPSA) is 115 Å². The molecule has 0 amide bonds. The van der Waals surface area contributed by atoms with Crippen molar-refractivity contribution in [3.63, 3.8) is 0 Å². The monoisotopic (exact) mass is 358 g/mol. The van der Waals surface area contributed by atoms with Gasteiger partial charge in [0.2, 0.25) is 10.0 Å². The number of sulfonamides is 1. The van der Waals surface area contributed by atoms with E-state index in [2.05, 4.69) is 15.0 Å². The average molecular weight is 358 g/mol. The standard InChI is InChI=1S/C15H26N4O4S/c1-12(11-23-3)19-15(16)17-10-13-5-4-6-14(9-13)24(20,21)18-7-8-22-2/h4-6,9,12,18H,7-8,10-11H2,1-3H3,(H3,16,17,19). The summed E-state index contributed by atoms with van der Waals surface area (Å²) in [6.45, 7) is 3.24. The number of ether oxygens (including phenoxy) is 2. The lowest BCUT2D eigenvalue weighted by atomic mass is 10.2. The van der Waals surface area contributed by atoms with E-state index < -0.39 is 10.0 Å². The largest absolute Gasteiger partial charge is 0.383 e. The van der Waals surface area contributed by atoms with Crippen molar-refractivity contribution < 1.29 is 17.9 Å². The summed E-state index contributed by atoms with van der Waals surface area (Å²) in [5.74, 6) is 0.283. The Hall–Kier alpha value is -1.68. The Morgan fingerprint density at radius 1 is 1.33 bits per heavy atom. The third kappa shape index (κ3) is 7.26. The first-order valence-electron chi connectivity index (χ1n) is 7.52. The van der Waals surface area contributed by atoms with Gasteiger partial charge in [0.05, 0.1) is 24.7 Å². The molecule has 24 heavy (non-hydrogen) atoms. The van der Waals surface area contributed by atoms with E-state index in [-0.39, 0.29) is 30.0 Å². The van der Waals surface area contributed by atoms with Crippen molar-refractivity contribution in [2.75, 3.05) is 34.0 Å². The Bertz CT molecular complexity index is 634. The van der Waals surface area contributed by atoms with E-state index in [9.17, 15) is 8.42 Å². The van der Waals surface area contributed by atoms with Crippen LogP contribution in [0, 0.1) is 0 Å². The molecular formula is C15H26N4O4S. The zero-order valence-electron chi connectivity index (χ0n) is 14.3. The Morgan fingerprint density at radius 2 is 2.08 bits per heavy atom. The maximum atomic E-state index is 12.2. The molecule has 8 nitrogen and oxygen atoms in total. The molecular weight excluding hydrogens is 332 g/mol. The van der Waals surface area contributed by atoms with Gasteiger partial charge in [0.1, 0.15) is 0 Å². The van der Waals surface area contributed by atoms with Gasteiger partial charge in [0.25, 0.3) is 0 Å². The number of hydrogen-bond donors (Lipinski definition) is 3. The SMILES string of the molecule is COCCNS(=O)(=O)c1cccc(CN=C(N)NC(C)COC)c1. The van der Waals surface area contributed by atoms with Crippen LogP contribution in [0.25, 0.3) is 0 Å². The fourth-order valence-electron chi connectivity index (χ4n) is 1.94. The normalized spacial score (nSPS) is 13.7. The number of aliphatic imine (C=N–C) groups is 1. The number of hydrogen-bond acceptors (Lipinski definition) is 5. The van der Waals surface area contributed by atoms with Crippen LogP contribution in [0.4, 0.5) is 0 Å². The van der Waals surface area contributed by atoms with E-state index in [1.54, 1.807) is 25.3 Å². The van der Waals surface area contributed by atoms with Gasteiger partial charge in [-0.05, 0) is 24.6 Å². The van der Waals surface area contributed by atoms with Crippen molar-refractivity contribution in [1.82, 2.24) is 10.0 Å². The van der Waals surface area contributed by atoms with Gasteiger partial charge in [-0.2, -0.15) is 0 Å². The number of nitrogens with zero attached hydrogens (tertiary/aromatic N) is 1. The molecule has 9 heteroatoms. The van der Waals surface area contributed by atoms with Crippen LogP contribution in [0.1, 0.15) is 12.5 Å². The molecule has 1 aromatic rings. The summed E-state index contributed by atoms with van der Waals surface area (Å²) >= 11 is 0. The van der Waals surface area contributed by atoms with Crippen molar-refractivity contribution in [3.8, 4) is 0 Å². The van der Waals surface area contributed by atoms with E-state index in [1.807, 2.05) is 6.92 Å². The summed E-state index contributed by atoms with van der Waals surface area (Å²) in [4.78, 5) is 4.39. The highest BCUT2D eigenvalue weighted by Gasteiger charge is 2.13. The number of guanidine groups is 1. The van der Waals surface area contributed by atoms with Crippen molar-refractivity contribution in [1.29, 1.82) is 0 Å². The molecule has 0 saturated heterocycles. The average Bonchev–Trinajstić information content (AvgIpc) is 2.53. The molecule has 0 radical (unpaired) electrons. The molecule has 0 fully saturated rings. The van der Waals surface area contributed by atoms with Crippen molar-refractivity contribution in [2.45, 2.75) is 24.4 Å². The van der Waals surface area contributed by atoms with E-state index in [4.69, 9.17) is 15.2 Å². The Balaban J connectivity index is 2.71. The van der Waals surface area contributed by atoms with Crippen LogP contribution < -0.4 is 15.8 Å². The first-order chi connectivity index (χ1) is 11.4. The lowest BCUT2D eigenvalue weighted by Gasteiger charge is -2.13. The van der Waals surface area contributed by atoms with Crippen molar-refractivity contribution >= 4 is 16.0 Å². The number of benzene rings is 1. The number of nitrogens with two attached hydrogens (primary N) is 1. The van der Waals surface area contributed by atoms with Gasteiger partial charge in [0.15, 0.2) is 5.96 Å². The quantitative estimate of drug-likeness (QED) is 0.309. The minimum Gasteiger partial charge on any atom is -0.383 e. The Morgan fingerprint density at radius 3 is 2.75 bits per heavy atom. The highest BCUT2D eigenvalue weighted by molar-refractivity contribution is 7.89. The van der Waals surface area contributed by atoms with Gasteiger partial charge in [-0.3, -0.25) is 0 Å². The summed E-state index contributed by atoms with van der Waals surface area (Å²) in [7, 11) is -0.440. The number of nitrogens with one attached hydrogen (secondary N) is 2. The second-order valence-electron chi connectivity index (χ2n) is 5.24. The summed E-state index contributed by atoms with van der Waals surface area (Å²) in [6.07, 6.45) is 0. The van der Waals surface area contributed by atoms with Gasteiger partial charge in [-0.25, -0.2) is 18.1 Å². The first kappa shape index (κ1) is 20.4. The van der Waals surface area contributed by atoms with E-state index >= 15 is 0 Å². The highest BCUT2D eigenvalue weighted by Crippen LogP contribution is 2.12. The van der Waals surface area contributed by atoms with Gasteiger partial charge in [0, 0.05) is 26.8 Å². The fraction of sp³-hybridized carbons (Fsp3) is 0.533. The maximum absolute atomic E-state index is 12.2. The smallest absolute Gasteiger partial charge is 0.240 e. The van der Waals surface area contributed by atoms with Crippen LogP contribution in [0.5, 0.6) is 0 Å². The summed E-state index contributed by atoms with van der Waals surface area (Å²) in [6, 6.07) is 6.61. The van der Waals surface area contributed by atoms with E-state index in [1.165, 1.54) is 13.2 Å². The third-order valence-electron chi connectivity index (χ3n) is 3.05. The molecule has 0 heterocycles. The van der Waals surface area contributed by atoms with Crippen molar-refractivity contribution in [2.24, 2.45) is 10.7 Å². The number of methoxy groups -OCH3 is 2. The molecule has 1 rings (SSSR count). The van der Waals surface area contributed by atoms with Crippen molar-refractivity contribution in [3.05, 3.63) is 29.8 Å². The second-order valence-corrected chi connectivity index (χ2v) is 7.01. The third-order valence-corrected chi connectivity index (χ3v) is 4.51. The zero-order valence-corrected chi connectivity index (χ0v) is 15.1. The van der Waals surface area contributed by atoms with Crippen LogP contribution in [-0.4, -0.2) is 54.4 Å². The summed E-state index contributed by atoms with van der Waals surface area (Å²) in [5.41, 5.74) is 6.54. The van der Waals surface area contributed by atoms with Crippen LogP contribution in [0.2, 0.25) is 0 Å². The molecule has 1 atom stereocenters. The van der Waals surface area contributed by atoms with Crippen LogP contribution >= 0.6 is 0 Å². The molecule has 1 aromatic carbocycles. The molecule has 0 saturated carbocycles. The summed E-state index contributed by atoms with van der Waals surface area (Å²) < 4.78 is 36.6.